The summed E-state index contributed by atoms with van der Waals surface area (Å²) in [4.78, 5) is 2.42. The van der Waals surface area contributed by atoms with E-state index in [2.05, 4.69) is 11.9 Å². The Morgan fingerprint density at radius 3 is 2.09 bits per heavy atom. The number of hydrogen-bond acceptors (Lipinski definition) is 2. The summed E-state index contributed by atoms with van der Waals surface area (Å²) in [6, 6.07) is 0. The lowest BCUT2D eigenvalue weighted by atomic mass is 9.82. The van der Waals surface area contributed by atoms with Crippen LogP contribution in [0.4, 0.5) is 0 Å². The van der Waals surface area contributed by atoms with Crippen LogP contribution in [-0.2, 0) is 4.74 Å². The summed E-state index contributed by atoms with van der Waals surface area (Å²) in [5, 5.41) is 0. The van der Waals surface area contributed by atoms with Crippen LogP contribution in [0.1, 0.15) is 25.7 Å². The summed E-state index contributed by atoms with van der Waals surface area (Å²) in [5.74, 6) is 1.78. The molecule has 2 bridgehead atoms. The molecule has 0 aromatic rings. The van der Waals surface area contributed by atoms with Gasteiger partial charge in [-0.05, 0) is 19.9 Å². The smallest absolute Gasteiger partial charge is 0.117 e. The minimum absolute atomic E-state index is 0.505. The first-order chi connectivity index (χ1) is 5.38. The lowest BCUT2D eigenvalue weighted by molar-refractivity contribution is -0.236. The second kappa shape index (κ2) is 1.99. The molecule has 3 saturated heterocycles. The third-order valence-corrected chi connectivity index (χ3v) is 3.69. The highest BCUT2D eigenvalue weighted by atomic mass is 16.6. The summed E-state index contributed by atoms with van der Waals surface area (Å²) in [7, 11) is 2.21. The number of hydrogen-bond donors (Lipinski definition) is 0. The standard InChI is InChI=1S/C9H15NO/c1-10-8-6-4-2-3-5-7(6)9(10)11-8/h6-9H,2-5H2,1H3. The molecule has 0 radical (unpaired) electrons. The van der Waals surface area contributed by atoms with E-state index in [-0.39, 0.29) is 0 Å². The summed E-state index contributed by atoms with van der Waals surface area (Å²) >= 11 is 0. The largest absolute Gasteiger partial charge is 0.344 e. The average Bonchev–Trinajstić information content (AvgIpc) is 2.54. The van der Waals surface area contributed by atoms with Gasteiger partial charge in [0, 0.05) is 11.8 Å². The molecule has 1 aliphatic carbocycles. The van der Waals surface area contributed by atoms with Crippen LogP contribution in [0.2, 0.25) is 0 Å². The Morgan fingerprint density at radius 2 is 1.64 bits per heavy atom. The van der Waals surface area contributed by atoms with E-state index < -0.39 is 0 Å². The van der Waals surface area contributed by atoms with Gasteiger partial charge in [0.05, 0.1) is 0 Å². The summed E-state index contributed by atoms with van der Waals surface area (Å²) in [6.45, 7) is 0. The SMILES string of the molecule is CN1C2OC1C1CCCCC12. The molecule has 0 spiro atoms. The first kappa shape index (κ1) is 6.44. The number of rotatable bonds is 0. The molecular formula is C9H15NO. The second-order valence-corrected chi connectivity index (χ2v) is 4.19. The Labute approximate surface area is 67.5 Å². The van der Waals surface area contributed by atoms with Gasteiger partial charge in [0.25, 0.3) is 0 Å². The van der Waals surface area contributed by atoms with Crippen LogP contribution in [0.3, 0.4) is 0 Å². The van der Waals surface area contributed by atoms with Crippen molar-refractivity contribution in [1.29, 1.82) is 0 Å². The van der Waals surface area contributed by atoms with Gasteiger partial charge in [-0.25, -0.2) is 0 Å². The van der Waals surface area contributed by atoms with Crippen LogP contribution in [0.15, 0.2) is 0 Å². The molecule has 11 heavy (non-hydrogen) atoms. The van der Waals surface area contributed by atoms with Crippen LogP contribution >= 0.6 is 0 Å². The molecule has 4 aliphatic rings. The molecule has 2 nitrogen and oxygen atoms in total. The summed E-state index contributed by atoms with van der Waals surface area (Å²) < 4.78 is 5.74. The van der Waals surface area contributed by atoms with Crippen molar-refractivity contribution in [2.45, 2.75) is 38.1 Å². The van der Waals surface area contributed by atoms with Crippen molar-refractivity contribution in [3.8, 4) is 0 Å². The normalized spacial score (nSPS) is 55.4. The van der Waals surface area contributed by atoms with Crippen molar-refractivity contribution in [2.75, 3.05) is 7.05 Å². The molecule has 3 heterocycles. The lowest BCUT2D eigenvalue weighted by Crippen LogP contribution is -2.50. The Hall–Kier alpha value is -0.0800. The molecule has 4 rings (SSSR count). The van der Waals surface area contributed by atoms with Gasteiger partial charge in [-0.1, -0.05) is 12.8 Å². The molecule has 4 unspecified atom stereocenters. The van der Waals surface area contributed by atoms with Gasteiger partial charge in [-0.3, -0.25) is 4.90 Å². The Kier molecular flexibility index (Phi) is 1.16. The monoisotopic (exact) mass is 153 g/mol. The fourth-order valence-corrected chi connectivity index (χ4v) is 3.12. The zero-order chi connectivity index (χ0) is 7.42. The predicted molar refractivity (Wildman–Crippen MR) is 41.9 cm³/mol. The van der Waals surface area contributed by atoms with Gasteiger partial charge in [-0.15, -0.1) is 0 Å². The maximum atomic E-state index is 5.74. The van der Waals surface area contributed by atoms with Gasteiger partial charge in [0.2, 0.25) is 0 Å². The highest BCUT2D eigenvalue weighted by Crippen LogP contribution is 2.51. The maximum absolute atomic E-state index is 5.74. The third-order valence-electron chi connectivity index (χ3n) is 3.69. The van der Waals surface area contributed by atoms with Crippen molar-refractivity contribution < 1.29 is 4.74 Å². The van der Waals surface area contributed by atoms with E-state index >= 15 is 0 Å². The quantitative estimate of drug-likeness (QED) is 0.522. The summed E-state index contributed by atoms with van der Waals surface area (Å²) in [5.41, 5.74) is 0. The van der Waals surface area contributed by atoms with Gasteiger partial charge < -0.3 is 4.74 Å². The van der Waals surface area contributed by atoms with Crippen molar-refractivity contribution in [3.05, 3.63) is 0 Å². The molecule has 4 fully saturated rings. The van der Waals surface area contributed by atoms with Crippen molar-refractivity contribution in [3.63, 3.8) is 0 Å². The molecule has 1 saturated carbocycles. The van der Waals surface area contributed by atoms with Gasteiger partial charge >= 0.3 is 0 Å². The van der Waals surface area contributed by atoms with Crippen LogP contribution in [0.25, 0.3) is 0 Å². The van der Waals surface area contributed by atoms with E-state index in [1.165, 1.54) is 25.7 Å². The molecule has 4 atom stereocenters. The molecule has 0 N–H and O–H groups in total. The number of nitrogens with zero attached hydrogens (tertiary/aromatic N) is 1. The van der Waals surface area contributed by atoms with Crippen LogP contribution in [-0.4, -0.2) is 24.4 Å². The van der Waals surface area contributed by atoms with Gasteiger partial charge in [0.15, 0.2) is 0 Å². The van der Waals surface area contributed by atoms with Crippen LogP contribution in [0.5, 0.6) is 0 Å². The maximum Gasteiger partial charge on any atom is 0.117 e. The zero-order valence-corrected chi connectivity index (χ0v) is 6.99. The van der Waals surface area contributed by atoms with E-state index in [0.29, 0.717) is 12.5 Å². The lowest BCUT2D eigenvalue weighted by Gasteiger charge is -2.38. The fourth-order valence-electron chi connectivity index (χ4n) is 3.12. The Bertz CT molecular complexity index is 164. The molecule has 0 amide bonds. The van der Waals surface area contributed by atoms with Crippen molar-refractivity contribution >= 4 is 0 Å². The third kappa shape index (κ3) is 0.651. The van der Waals surface area contributed by atoms with Crippen LogP contribution < -0.4 is 0 Å². The first-order valence-corrected chi connectivity index (χ1v) is 4.75. The van der Waals surface area contributed by atoms with E-state index in [1.807, 2.05) is 0 Å². The van der Waals surface area contributed by atoms with E-state index in [4.69, 9.17) is 4.74 Å². The molecular weight excluding hydrogens is 138 g/mol. The predicted octanol–water partition coefficient (Wildman–Crippen LogP) is 1.42. The molecule has 2 heteroatoms. The topological polar surface area (TPSA) is 12.5 Å². The van der Waals surface area contributed by atoms with Gasteiger partial charge in [-0.2, -0.15) is 0 Å². The van der Waals surface area contributed by atoms with E-state index in [0.717, 1.165) is 11.8 Å². The van der Waals surface area contributed by atoms with E-state index in [1.54, 1.807) is 0 Å². The highest BCUT2D eigenvalue weighted by molar-refractivity contribution is 4.99. The molecule has 62 valence electrons. The van der Waals surface area contributed by atoms with E-state index in [9.17, 15) is 0 Å². The van der Waals surface area contributed by atoms with Crippen LogP contribution in [0, 0.1) is 11.8 Å². The number of ether oxygens (including phenoxy) is 1. The molecule has 3 aliphatic heterocycles. The fraction of sp³-hybridized carbons (Fsp3) is 1.00. The Morgan fingerprint density at radius 1 is 1.09 bits per heavy atom. The van der Waals surface area contributed by atoms with Crippen molar-refractivity contribution in [2.24, 2.45) is 11.8 Å². The minimum Gasteiger partial charge on any atom is -0.344 e. The van der Waals surface area contributed by atoms with Gasteiger partial charge in [0.1, 0.15) is 12.5 Å². The second-order valence-electron chi connectivity index (χ2n) is 4.19. The minimum atomic E-state index is 0.505. The van der Waals surface area contributed by atoms with Crippen molar-refractivity contribution in [1.82, 2.24) is 4.90 Å². The molecule has 0 aromatic carbocycles. The first-order valence-electron chi connectivity index (χ1n) is 4.75. The average molecular weight is 153 g/mol. The highest BCUT2D eigenvalue weighted by Gasteiger charge is 2.57. The summed E-state index contributed by atoms with van der Waals surface area (Å²) in [6.07, 6.45) is 6.70. The zero-order valence-electron chi connectivity index (χ0n) is 6.99. The Balaban J connectivity index is 1.86. The molecule has 0 aromatic heterocycles.